The van der Waals surface area contributed by atoms with E-state index in [-0.39, 0.29) is 33.7 Å². The topological polar surface area (TPSA) is 63.9 Å². The summed E-state index contributed by atoms with van der Waals surface area (Å²) in [6, 6.07) is 9.93. The summed E-state index contributed by atoms with van der Waals surface area (Å²) in [4.78, 5) is 32.7. The summed E-state index contributed by atoms with van der Waals surface area (Å²) >= 11 is 18.8. The number of hydrogen-bond donors (Lipinski definition) is 0. The minimum atomic E-state index is -0.378. The van der Waals surface area contributed by atoms with Gasteiger partial charge in [-0.3, -0.25) is 18.9 Å². The summed E-state index contributed by atoms with van der Waals surface area (Å²) in [5, 5.41) is 0.719. The molecule has 2 aromatic heterocycles. The summed E-state index contributed by atoms with van der Waals surface area (Å²) in [5.74, 6) is 0.0934. The number of hydrogen-bond acceptors (Lipinski definition) is 6. The average Bonchev–Trinajstić information content (AvgIpc) is 3.05. The molecular weight excluding hydrogens is 501 g/mol. The van der Waals surface area contributed by atoms with Crippen LogP contribution < -0.4 is 10.3 Å². The fourth-order valence-electron chi connectivity index (χ4n) is 3.29. The van der Waals surface area contributed by atoms with Crippen LogP contribution >= 0.6 is 47.2 Å². The van der Waals surface area contributed by atoms with Gasteiger partial charge in [-0.1, -0.05) is 73.0 Å². The van der Waals surface area contributed by atoms with E-state index in [1.54, 1.807) is 41.4 Å². The number of pyridine rings is 1. The van der Waals surface area contributed by atoms with Gasteiger partial charge in [-0.05, 0) is 42.8 Å². The minimum absolute atomic E-state index is 0.0340. The molecule has 1 saturated heterocycles. The number of carbonyl (C=O) groups is 1. The van der Waals surface area contributed by atoms with Crippen LogP contribution in [-0.4, -0.2) is 31.1 Å². The fraction of sp³-hybridized carbons (Fsp3) is 0.217. The Morgan fingerprint density at radius 2 is 2.00 bits per heavy atom. The summed E-state index contributed by atoms with van der Waals surface area (Å²) in [6.07, 6.45) is 6.01. The molecule has 10 heteroatoms. The molecule has 1 fully saturated rings. The van der Waals surface area contributed by atoms with Crippen molar-refractivity contribution >= 4 is 69.1 Å². The number of unbranched alkanes of at least 4 members (excludes halogenated alkanes) is 2. The Morgan fingerprint density at radius 1 is 1.18 bits per heavy atom. The van der Waals surface area contributed by atoms with Crippen LogP contribution in [0.2, 0.25) is 10.0 Å². The highest BCUT2D eigenvalue weighted by atomic mass is 35.5. The summed E-state index contributed by atoms with van der Waals surface area (Å²) in [6.45, 7) is 2.65. The Labute approximate surface area is 210 Å². The van der Waals surface area contributed by atoms with E-state index in [2.05, 4.69) is 11.9 Å². The SMILES string of the molecule is CCCCCN1C(=O)/C(=C\c2c(Oc3ccc(Cl)cc3Cl)nc3ccccn3c2=O)SC1=S. The number of thioether (sulfide) groups is 1. The number of rotatable bonds is 7. The molecule has 3 heterocycles. The van der Waals surface area contributed by atoms with Crippen LogP contribution in [0.25, 0.3) is 11.7 Å². The van der Waals surface area contributed by atoms with Crippen molar-refractivity contribution in [3.8, 4) is 11.6 Å². The number of ether oxygens (including phenoxy) is 1. The highest BCUT2D eigenvalue weighted by Gasteiger charge is 2.32. The van der Waals surface area contributed by atoms with Crippen molar-refractivity contribution in [3.05, 3.63) is 73.5 Å². The Hall–Kier alpha value is -2.39. The smallest absolute Gasteiger partial charge is 0.269 e. The molecule has 0 unspecified atom stereocenters. The molecule has 0 radical (unpaired) electrons. The fourth-order valence-corrected chi connectivity index (χ4v) is 5.03. The summed E-state index contributed by atoms with van der Waals surface area (Å²) < 4.78 is 7.80. The molecule has 33 heavy (non-hydrogen) atoms. The normalized spacial score (nSPS) is 15.1. The Bertz CT molecular complexity index is 1340. The standard InChI is InChI=1S/C23H19Cl2N3O3S2/c1-2-3-5-11-28-22(30)18(33-23(28)32)13-15-20(31-17-9-8-14(24)12-16(17)25)26-19-7-4-6-10-27(19)21(15)29/h4,6-10,12-13H,2-3,5,11H2,1H3/b18-13+. The third kappa shape index (κ3) is 5.09. The first-order chi connectivity index (χ1) is 15.9. The maximum Gasteiger partial charge on any atom is 0.269 e. The average molecular weight is 520 g/mol. The highest BCUT2D eigenvalue weighted by molar-refractivity contribution is 8.26. The van der Waals surface area contributed by atoms with Gasteiger partial charge in [0.15, 0.2) is 0 Å². The lowest BCUT2D eigenvalue weighted by Crippen LogP contribution is -2.29. The molecule has 0 bridgehead atoms. The Kier molecular flexibility index (Phi) is 7.38. The molecule has 1 aliphatic rings. The van der Waals surface area contributed by atoms with Crippen molar-refractivity contribution in [1.82, 2.24) is 14.3 Å². The molecule has 0 aliphatic carbocycles. The van der Waals surface area contributed by atoms with E-state index in [0.29, 0.717) is 26.4 Å². The molecule has 0 atom stereocenters. The van der Waals surface area contributed by atoms with Gasteiger partial charge in [0.2, 0.25) is 5.88 Å². The van der Waals surface area contributed by atoms with Crippen molar-refractivity contribution in [2.24, 2.45) is 0 Å². The summed E-state index contributed by atoms with van der Waals surface area (Å²) in [5.41, 5.74) is 0.141. The van der Waals surface area contributed by atoms with Crippen molar-refractivity contribution < 1.29 is 9.53 Å². The minimum Gasteiger partial charge on any atom is -0.437 e. The van der Waals surface area contributed by atoms with E-state index in [0.717, 1.165) is 31.0 Å². The number of nitrogens with zero attached hydrogens (tertiary/aromatic N) is 3. The van der Waals surface area contributed by atoms with Crippen LogP contribution in [0.15, 0.2) is 52.3 Å². The zero-order valence-electron chi connectivity index (χ0n) is 17.6. The summed E-state index contributed by atoms with van der Waals surface area (Å²) in [7, 11) is 0. The Balaban J connectivity index is 1.78. The van der Waals surface area contributed by atoms with E-state index in [1.165, 1.54) is 16.5 Å². The lowest BCUT2D eigenvalue weighted by Gasteiger charge is -2.13. The van der Waals surface area contributed by atoms with Gasteiger partial charge >= 0.3 is 0 Å². The largest absolute Gasteiger partial charge is 0.437 e. The quantitative estimate of drug-likeness (QED) is 0.211. The van der Waals surface area contributed by atoms with Crippen molar-refractivity contribution in [2.75, 3.05) is 6.54 Å². The van der Waals surface area contributed by atoms with E-state index in [1.807, 2.05) is 0 Å². The molecule has 0 N–H and O–H groups in total. The van der Waals surface area contributed by atoms with Gasteiger partial charge < -0.3 is 4.74 Å². The van der Waals surface area contributed by atoms with Crippen molar-refractivity contribution in [1.29, 1.82) is 0 Å². The zero-order chi connectivity index (χ0) is 23.5. The number of halogens is 2. The van der Waals surface area contributed by atoms with Gasteiger partial charge in [-0.2, -0.15) is 4.98 Å². The van der Waals surface area contributed by atoms with Gasteiger partial charge in [0.1, 0.15) is 21.3 Å². The van der Waals surface area contributed by atoms with Gasteiger partial charge in [0.25, 0.3) is 11.5 Å². The predicted octanol–water partition coefficient (Wildman–Crippen LogP) is 6.19. The van der Waals surface area contributed by atoms with E-state index >= 15 is 0 Å². The van der Waals surface area contributed by atoms with E-state index < -0.39 is 0 Å². The third-order valence-corrected chi connectivity index (χ3v) is 6.88. The number of amides is 1. The lowest BCUT2D eigenvalue weighted by atomic mass is 10.2. The highest BCUT2D eigenvalue weighted by Crippen LogP contribution is 2.36. The van der Waals surface area contributed by atoms with Crippen LogP contribution in [0.3, 0.4) is 0 Å². The van der Waals surface area contributed by atoms with E-state index in [4.69, 9.17) is 40.2 Å². The second-order valence-electron chi connectivity index (χ2n) is 7.28. The predicted molar refractivity (Wildman–Crippen MR) is 137 cm³/mol. The molecule has 170 valence electrons. The van der Waals surface area contributed by atoms with Gasteiger partial charge in [-0.15, -0.1) is 0 Å². The molecule has 4 rings (SSSR count). The van der Waals surface area contributed by atoms with E-state index in [9.17, 15) is 9.59 Å². The van der Waals surface area contributed by atoms with Crippen molar-refractivity contribution in [2.45, 2.75) is 26.2 Å². The first-order valence-electron chi connectivity index (χ1n) is 10.3. The van der Waals surface area contributed by atoms with Gasteiger partial charge in [0.05, 0.1) is 9.93 Å². The number of fused-ring (bicyclic) bond motifs is 1. The molecule has 1 aliphatic heterocycles. The first-order valence-corrected chi connectivity index (χ1v) is 12.3. The molecule has 3 aromatic rings. The maximum atomic E-state index is 13.3. The number of benzene rings is 1. The monoisotopic (exact) mass is 519 g/mol. The zero-order valence-corrected chi connectivity index (χ0v) is 20.7. The molecule has 1 aromatic carbocycles. The van der Waals surface area contributed by atoms with Crippen LogP contribution in [-0.2, 0) is 4.79 Å². The first kappa shape index (κ1) is 23.8. The van der Waals surface area contributed by atoms with Crippen LogP contribution in [0.1, 0.15) is 31.7 Å². The van der Waals surface area contributed by atoms with Crippen molar-refractivity contribution in [3.63, 3.8) is 0 Å². The molecular formula is C23H19Cl2N3O3S2. The van der Waals surface area contributed by atoms with Gasteiger partial charge in [0, 0.05) is 17.8 Å². The number of carbonyl (C=O) groups excluding carboxylic acids is 1. The third-order valence-electron chi connectivity index (χ3n) is 4.97. The van der Waals surface area contributed by atoms with Crippen LogP contribution in [0.4, 0.5) is 0 Å². The lowest BCUT2D eigenvalue weighted by molar-refractivity contribution is -0.122. The Morgan fingerprint density at radius 3 is 2.76 bits per heavy atom. The van der Waals surface area contributed by atoms with Crippen LogP contribution in [0.5, 0.6) is 11.6 Å². The molecule has 0 spiro atoms. The second kappa shape index (κ2) is 10.3. The number of aromatic nitrogens is 2. The molecule has 1 amide bonds. The van der Waals surface area contributed by atoms with Gasteiger partial charge in [-0.25, -0.2) is 0 Å². The molecule has 6 nitrogen and oxygen atoms in total. The number of thiocarbonyl (C=S) groups is 1. The van der Waals surface area contributed by atoms with Crippen LogP contribution in [0, 0.1) is 0 Å². The maximum absolute atomic E-state index is 13.3. The molecule has 0 saturated carbocycles. The second-order valence-corrected chi connectivity index (χ2v) is 9.80.